The fraction of sp³-hybridized carbons (Fsp3) is 0.150. The van der Waals surface area contributed by atoms with Crippen molar-refractivity contribution in [3.63, 3.8) is 0 Å². The number of benzene rings is 2. The van der Waals surface area contributed by atoms with Crippen molar-refractivity contribution in [1.29, 1.82) is 0 Å². The van der Waals surface area contributed by atoms with Crippen LogP contribution in [0.4, 0.5) is 4.79 Å². The van der Waals surface area contributed by atoms with Crippen molar-refractivity contribution < 1.29 is 24.2 Å². The minimum absolute atomic E-state index is 0.211. The molecule has 0 saturated carbocycles. The molecule has 0 atom stereocenters. The molecule has 0 aromatic heterocycles. The number of carbonyl (C=O) groups excluding carboxylic acids is 2. The Balaban J connectivity index is 1.65. The highest BCUT2D eigenvalue weighted by atomic mass is 16.5. The zero-order valence-corrected chi connectivity index (χ0v) is 14.6. The van der Waals surface area contributed by atoms with Crippen molar-refractivity contribution in [3.8, 4) is 5.75 Å². The van der Waals surface area contributed by atoms with E-state index in [4.69, 9.17) is 9.84 Å². The van der Waals surface area contributed by atoms with Crippen LogP contribution in [-0.4, -0.2) is 34.5 Å². The summed E-state index contributed by atoms with van der Waals surface area (Å²) in [4.78, 5) is 35.8. The summed E-state index contributed by atoms with van der Waals surface area (Å²) in [5, 5.41) is 11.6. The Labute approximate surface area is 155 Å². The first-order valence-corrected chi connectivity index (χ1v) is 8.37. The Hall–Kier alpha value is -3.61. The quantitative estimate of drug-likeness (QED) is 0.605. The number of carboxylic acids is 1. The van der Waals surface area contributed by atoms with Crippen LogP contribution in [0.3, 0.4) is 0 Å². The molecular formula is C20H18N2O5. The third kappa shape index (κ3) is 4.14. The standard InChI is InChI=1S/C20H18N2O5/c1-2-22-18(23)17(21-20(22)26)11-13-6-8-16(9-7-13)27-12-14-4-3-5-15(10-14)19(24)25/h3-11H,2,12H2,1H3,(H,21,26)(H,24,25)/b17-11+. The lowest BCUT2D eigenvalue weighted by molar-refractivity contribution is -0.122. The van der Waals surface area contributed by atoms with Crippen LogP contribution < -0.4 is 10.1 Å². The van der Waals surface area contributed by atoms with Gasteiger partial charge in [-0.2, -0.15) is 0 Å². The van der Waals surface area contributed by atoms with Gasteiger partial charge in [0.1, 0.15) is 18.1 Å². The monoisotopic (exact) mass is 366 g/mol. The largest absolute Gasteiger partial charge is 0.489 e. The molecule has 0 aliphatic carbocycles. The fourth-order valence-electron chi connectivity index (χ4n) is 2.65. The number of aromatic carboxylic acids is 1. The van der Waals surface area contributed by atoms with E-state index < -0.39 is 12.0 Å². The molecule has 1 aliphatic heterocycles. The predicted molar refractivity (Wildman–Crippen MR) is 98.1 cm³/mol. The van der Waals surface area contributed by atoms with E-state index in [-0.39, 0.29) is 23.8 Å². The fourth-order valence-corrected chi connectivity index (χ4v) is 2.65. The number of hydrogen-bond donors (Lipinski definition) is 2. The van der Waals surface area contributed by atoms with E-state index in [9.17, 15) is 14.4 Å². The number of amides is 3. The van der Waals surface area contributed by atoms with Crippen molar-refractivity contribution in [3.05, 3.63) is 70.9 Å². The number of rotatable bonds is 6. The van der Waals surface area contributed by atoms with Gasteiger partial charge in [0.25, 0.3) is 5.91 Å². The van der Waals surface area contributed by atoms with Gasteiger partial charge in [-0.05, 0) is 48.4 Å². The molecule has 1 heterocycles. The van der Waals surface area contributed by atoms with Gasteiger partial charge in [0.05, 0.1) is 5.56 Å². The highest BCUT2D eigenvalue weighted by Crippen LogP contribution is 2.18. The second kappa shape index (κ2) is 7.74. The van der Waals surface area contributed by atoms with E-state index in [1.54, 1.807) is 55.5 Å². The lowest BCUT2D eigenvalue weighted by Gasteiger charge is -2.07. The summed E-state index contributed by atoms with van der Waals surface area (Å²) in [6.07, 6.45) is 1.61. The average molecular weight is 366 g/mol. The summed E-state index contributed by atoms with van der Waals surface area (Å²) in [5.41, 5.74) is 1.94. The Morgan fingerprint density at radius 3 is 2.56 bits per heavy atom. The lowest BCUT2D eigenvalue weighted by atomic mass is 10.1. The van der Waals surface area contributed by atoms with Crippen molar-refractivity contribution in [2.24, 2.45) is 0 Å². The molecule has 2 aromatic carbocycles. The number of hydrogen-bond acceptors (Lipinski definition) is 4. The van der Waals surface area contributed by atoms with E-state index >= 15 is 0 Å². The van der Waals surface area contributed by atoms with Crippen LogP contribution in [0.15, 0.2) is 54.2 Å². The minimum atomic E-state index is -0.982. The molecular weight excluding hydrogens is 348 g/mol. The zero-order chi connectivity index (χ0) is 19.4. The van der Waals surface area contributed by atoms with Gasteiger partial charge >= 0.3 is 12.0 Å². The molecule has 3 amide bonds. The summed E-state index contributed by atoms with van der Waals surface area (Å²) in [6.45, 7) is 2.29. The van der Waals surface area contributed by atoms with Crippen LogP contribution in [-0.2, 0) is 11.4 Å². The molecule has 138 valence electrons. The molecule has 2 N–H and O–H groups in total. The topological polar surface area (TPSA) is 95.9 Å². The van der Waals surface area contributed by atoms with E-state index in [0.717, 1.165) is 16.0 Å². The first-order chi connectivity index (χ1) is 13.0. The molecule has 2 aromatic rings. The second-order valence-electron chi connectivity index (χ2n) is 5.90. The maximum atomic E-state index is 12.1. The van der Waals surface area contributed by atoms with Crippen molar-refractivity contribution in [2.75, 3.05) is 6.54 Å². The van der Waals surface area contributed by atoms with Crippen molar-refractivity contribution >= 4 is 24.0 Å². The zero-order valence-electron chi connectivity index (χ0n) is 14.6. The highest BCUT2D eigenvalue weighted by Gasteiger charge is 2.31. The highest BCUT2D eigenvalue weighted by molar-refractivity contribution is 6.13. The molecule has 1 fully saturated rings. The third-order valence-corrected chi connectivity index (χ3v) is 4.05. The number of imide groups is 1. The second-order valence-corrected chi connectivity index (χ2v) is 5.90. The Morgan fingerprint density at radius 2 is 1.93 bits per heavy atom. The number of urea groups is 1. The van der Waals surface area contributed by atoms with Gasteiger partial charge in [-0.3, -0.25) is 9.69 Å². The summed E-state index contributed by atoms with van der Waals surface area (Å²) in [6, 6.07) is 13.2. The van der Waals surface area contributed by atoms with Crippen LogP contribution >= 0.6 is 0 Å². The smallest absolute Gasteiger partial charge is 0.335 e. The van der Waals surface area contributed by atoms with E-state index in [0.29, 0.717) is 12.3 Å². The normalized spacial score (nSPS) is 15.1. The maximum Gasteiger partial charge on any atom is 0.335 e. The minimum Gasteiger partial charge on any atom is -0.489 e. The van der Waals surface area contributed by atoms with Crippen molar-refractivity contribution in [1.82, 2.24) is 10.2 Å². The number of likely N-dealkylation sites (N-methyl/N-ethyl adjacent to an activating group) is 1. The first-order valence-electron chi connectivity index (χ1n) is 8.37. The summed E-state index contributed by atoms with van der Waals surface area (Å²) in [5.74, 6) is -0.722. The van der Waals surface area contributed by atoms with Crippen molar-refractivity contribution in [2.45, 2.75) is 13.5 Å². The molecule has 1 saturated heterocycles. The first kappa shape index (κ1) is 18.2. The van der Waals surface area contributed by atoms with Gasteiger partial charge in [-0.1, -0.05) is 24.3 Å². The Morgan fingerprint density at radius 1 is 1.19 bits per heavy atom. The van der Waals surface area contributed by atoms with Crippen LogP contribution in [0, 0.1) is 0 Å². The lowest BCUT2D eigenvalue weighted by Crippen LogP contribution is -2.30. The molecule has 7 heteroatoms. The Kier molecular flexibility index (Phi) is 5.21. The molecule has 7 nitrogen and oxygen atoms in total. The molecule has 1 aliphatic rings. The molecule has 3 rings (SSSR count). The molecule has 0 unspecified atom stereocenters. The van der Waals surface area contributed by atoms with E-state index in [2.05, 4.69) is 5.32 Å². The van der Waals surface area contributed by atoms with Gasteiger partial charge in [-0.15, -0.1) is 0 Å². The molecule has 0 radical (unpaired) electrons. The van der Waals surface area contributed by atoms with Gasteiger partial charge in [-0.25, -0.2) is 9.59 Å². The average Bonchev–Trinajstić information content (AvgIpc) is 2.94. The van der Waals surface area contributed by atoms with Gasteiger partial charge in [0.15, 0.2) is 0 Å². The van der Waals surface area contributed by atoms with Crippen LogP contribution in [0.25, 0.3) is 6.08 Å². The molecule has 27 heavy (non-hydrogen) atoms. The predicted octanol–water partition coefficient (Wildman–Crippen LogP) is 2.88. The summed E-state index contributed by atoms with van der Waals surface area (Å²) in [7, 11) is 0. The maximum absolute atomic E-state index is 12.1. The number of nitrogens with zero attached hydrogens (tertiary/aromatic N) is 1. The van der Waals surface area contributed by atoms with Gasteiger partial charge in [0.2, 0.25) is 0 Å². The van der Waals surface area contributed by atoms with Crippen LogP contribution in [0.2, 0.25) is 0 Å². The van der Waals surface area contributed by atoms with Gasteiger partial charge in [0, 0.05) is 6.54 Å². The molecule has 0 spiro atoms. The number of nitrogens with one attached hydrogen (secondary N) is 1. The third-order valence-electron chi connectivity index (χ3n) is 4.05. The number of carbonyl (C=O) groups is 3. The van der Waals surface area contributed by atoms with Gasteiger partial charge < -0.3 is 15.2 Å². The Bertz CT molecular complexity index is 918. The van der Waals surface area contributed by atoms with Crippen LogP contribution in [0.1, 0.15) is 28.4 Å². The molecule has 0 bridgehead atoms. The number of carboxylic acid groups (broad SMARTS) is 1. The SMILES string of the molecule is CCN1C(=O)N/C(=C/c2ccc(OCc3cccc(C(=O)O)c3)cc2)C1=O. The summed E-state index contributed by atoms with van der Waals surface area (Å²) >= 11 is 0. The van der Waals surface area contributed by atoms with E-state index in [1.807, 2.05) is 0 Å². The van der Waals surface area contributed by atoms with Crippen LogP contribution in [0.5, 0.6) is 5.75 Å². The number of ether oxygens (including phenoxy) is 1. The van der Waals surface area contributed by atoms with E-state index in [1.165, 1.54) is 6.07 Å². The summed E-state index contributed by atoms with van der Waals surface area (Å²) < 4.78 is 5.67.